The summed E-state index contributed by atoms with van der Waals surface area (Å²) in [6.45, 7) is 4.31. The SMILES string of the molecule is CC1(C)Cc2c(ccn2-c2c(F)cc(F)cc2Br)C(N)C1. The van der Waals surface area contributed by atoms with Gasteiger partial charge in [-0.05, 0) is 51.9 Å². The fourth-order valence-corrected chi connectivity index (χ4v) is 3.81. The van der Waals surface area contributed by atoms with Gasteiger partial charge in [0.25, 0.3) is 0 Å². The lowest BCUT2D eigenvalue weighted by atomic mass is 9.74. The topological polar surface area (TPSA) is 30.9 Å². The van der Waals surface area contributed by atoms with E-state index in [1.165, 1.54) is 6.07 Å². The van der Waals surface area contributed by atoms with E-state index < -0.39 is 11.6 Å². The van der Waals surface area contributed by atoms with Crippen molar-refractivity contribution in [2.45, 2.75) is 32.7 Å². The monoisotopic (exact) mass is 354 g/mol. The van der Waals surface area contributed by atoms with Crippen LogP contribution in [0.4, 0.5) is 8.78 Å². The molecule has 0 saturated carbocycles. The molecule has 0 spiro atoms. The second-order valence-electron chi connectivity index (χ2n) is 6.46. The summed E-state index contributed by atoms with van der Waals surface area (Å²) >= 11 is 3.26. The van der Waals surface area contributed by atoms with Crippen LogP contribution >= 0.6 is 15.9 Å². The van der Waals surface area contributed by atoms with Crippen molar-refractivity contribution in [3.05, 3.63) is 51.8 Å². The lowest BCUT2D eigenvalue weighted by molar-refractivity contribution is 0.278. The smallest absolute Gasteiger partial charge is 0.151 e. The summed E-state index contributed by atoms with van der Waals surface area (Å²) in [4.78, 5) is 0. The average Bonchev–Trinajstić information content (AvgIpc) is 2.70. The summed E-state index contributed by atoms with van der Waals surface area (Å²) in [6, 6.07) is 4.07. The van der Waals surface area contributed by atoms with Crippen LogP contribution in [0.5, 0.6) is 0 Å². The van der Waals surface area contributed by atoms with Crippen LogP contribution in [0.15, 0.2) is 28.9 Å². The molecule has 2 N–H and O–H groups in total. The highest BCUT2D eigenvalue weighted by Gasteiger charge is 2.33. The van der Waals surface area contributed by atoms with Gasteiger partial charge >= 0.3 is 0 Å². The molecular weight excluding hydrogens is 338 g/mol. The number of aromatic nitrogens is 1. The lowest BCUT2D eigenvalue weighted by Crippen LogP contribution is -2.30. The molecule has 1 aromatic heterocycles. The van der Waals surface area contributed by atoms with Gasteiger partial charge in [-0.25, -0.2) is 8.78 Å². The molecule has 1 atom stereocenters. The van der Waals surface area contributed by atoms with Gasteiger partial charge in [-0.1, -0.05) is 13.8 Å². The van der Waals surface area contributed by atoms with E-state index in [2.05, 4.69) is 29.8 Å². The molecule has 0 saturated heterocycles. The molecule has 5 heteroatoms. The number of hydrogen-bond donors (Lipinski definition) is 1. The first-order valence-electron chi connectivity index (χ1n) is 6.89. The highest BCUT2D eigenvalue weighted by Crippen LogP contribution is 2.41. The molecule has 0 fully saturated rings. The number of nitrogens with zero attached hydrogens (tertiary/aromatic N) is 1. The van der Waals surface area contributed by atoms with Crippen LogP contribution in [0.3, 0.4) is 0 Å². The van der Waals surface area contributed by atoms with Gasteiger partial charge in [0.15, 0.2) is 5.82 Å². The van der Waals surface area contributed by atoms with E-state index in [1.54, 1.807) is 4.57 Å². The highest BCUT2D eigenvalue weighted by molar-refractivity contribution is 9.10. The van der Waals surface area contributed by atoms with Gasteiger partial charge in [0.1, 0.15) is 5.82 Å². The van der Waals surface area contributed by atoms with Gasteiger partial charge in [-0.3, -0.25) is 0 Å². The minimum absolute atomic E-state index is 0.0488. The predicted octanol–water partition coefficient (Wildman–Crippen LogP) is 4.49. The quantitative estimate of drug-likeness (QED) is 0.803. The van der Waals surface area contributed by atoms with E-state index in [-0.39, 0.29) is 11.5 Å². The molecule has 1 aliphatic rings. The maximum Gasteiger partial charge on any atom is 0.151 e. The number of fused-ring (bicyclic) bond motifs is 1. The molecule has 2 nitrogen and oxygen atoms in total. The van der Waals surface area contributed by atoms with E-state index in [0.29, 0.717) is 10.2 Å². The van der Waals surface area contributed by atoms with Crippen molar-refractivity contribution in [1.82, 2.24) is 4.57 Å². The molecule has 0 bridgehead atoms. The molecule has 2 aromatic rings. The first kappa shape index (κ1) is 14.7. The Kier molecular flexibility index (Phi) is 3.45. The Bertz CT molecular complexity index is 683. The molecule has 0 radical (unpaired) electrons. The molecule has 1 unspecified atom stereocenters. The first-order valence-corrected chi connectivity index (χ1v) is 7.68. The highest BCUT2D eigenvalue weighted by atomic mass is 79.9. The zero-order valence-corrected chi connectivity index (χ0v) is 13.5. The summed E-state index contributed by atoms with van der Waals surface area (Å²) < 4.78 is 29.7. The van der Waals surface area contributed by atoms with Crippen LogP contribution in [-0.4, -0.2) is 4.57 Å². The summed E-state index contributed by atoms with van der Waals surface area (Å²) in [5.41, 5.74) is 8.68. The second kappa shape index (κ2) is 4.92. The molecule has 112 valence electrons. The van der Waals surface area contributed by atoms with Crippen molar-refractivity contribution in [2.24, 2.45) is 11.1 Å². The largest absolute Gasteiger partial charge is 0.324 e. The Morgan fingerprint density at radius 1 is 1.33 bits per heavy atom. The van der Waals surface area contributed by atoms with Gasteiger partial charge in [-0.15, -0.1) is 0 Å². The third-order valence-corrected chi connectivity index (χ3v) is 4.67. The van der Waals surface area contributed by atoms with Crippen LogP contribution in [-0.2, 0) is 6.42 Å². The number of benzene rings is 1. The van der Waals surface area contributed by atoms with Gasteiger partial charge in [0.2, 0.25) is 0 Å². The van der Waals surface area contributed by atoms with Crippen molar-refractivity contribution < 1.29 is 8.78 Å². The third-order valence-electron chi connectivity index (χ3n) is 4.07. The minimum atomic E-state index is -0.596. The van der Waals surface area contributed by atoms with E-state index in [4.69, 9.17) is 5.73 Å². The van der Waals surface area contributed by atoms with E-state index in [1.807, 2.05) is 12.3 Å². The lowest BCUT2D eigenvalue weighted by Gasteiger charge is -2.34. The molecular formula is C16H17BrF2N2. The molecule has 1 aliphatic carbocycles. The Hall–Kier alpha value is -1.20. The van der Waals surface area contributed by atoms with Crippen molar-refractivity contribution in [3.8, 4) is 5.69 Å². The van der Waals surface area contributed by atoms with Crippen LogP contribution in [0, 0.1) is 17.0 Å². The molecule has 21 heavy (non-hydrogen) atoms. The Balaban J connectivity index is 2.19. The normalized spacial score (nSPS) is 20.4. The Morgan fingerprint density at radius 3 is 2.71 bits per heavy atom. The fourth-order valence-electron chi connectivity index (χ4n) is 3.21. The van der Waals surface area contributed by atoms with E-state index in [9.17, 15) is 8.78 Å². The molecule has 0 aliphatic heterocycles. The zero-order valence-electron chi connectivity index (χ0n) is 12.0. The molecule has 1 heterocycles. The first-order chi connectivity index (χ1) is 9.78. The van der Waals surface area contributed by atoms with Crippen LogP contribution < -0.4 is 5.73 Å². The van der Waals surface area contributed by atoms with Crippen molar-refractivity contribution in [3.63, 3.8) is 0 Å². The van der Waals surface area contributed by atoms with Crippen molar-refractivity contribution in [2.75, 3.05) is 0 Å². The summed E-state index contributed by atoms with van der Waals surface area (Å²) in [5, 5.41) is 0. The molecule has 1 aromatic carbocycles. The molecule has 0 amide bonds. The van der Waals surface area contributed by atoms with Crippen LogP contribution in [0.1, 0.15) is 37.6 Å². The summed E-state index contributed by atoms with van der Waals surface area (Å²) in [5.74, 6) is -1.18. The molecule has 3 rings (SSSR count). The summed E-state index contributed by atoms with van der Waals surface area (Å²) in [7, 11) is 0. The van der Waals surface area contributed by atoms with Crippen LogP contribution in [0.25, 0.3) is 5.69 Å². The summed E-state index contributed by atoms with van der Waals surface area (Å²) in [6.07, 6.45) is 3.52. The zero-order chi connectivity index (χ0) is 15.4. The fraction of sp³-hybridized carbons (Fsp3) is 0.375. The Morgan fingerprint density at radius 2 is 2.05 bits per heavy atom. The predicted molar refractivity (Wildman–Crippen MR) is 82.4 cm³/mol. The van der Waals surface area contributed by atoms with Crippen LogP contribution in [0.2, 0.25) is 0 Å². The van der Waals surface area contributed by atoms with Gasteiger partial charge in [0, 0.05) is 28.5 Å². The number of rotatable bonds is 1. The van der Waals surface area contributed by atoms with Crippen molar-refractivity contribution >= 4 is 15.9 Å². The standard InChI is InChI=1S/C16H17BrF2N2/c1-16(2)7-13(20)10-3-4-21(14(10)8-16)15-11(17)5-9(18)6-12(15)19/h3-6,13H,7-8,20H2,1-2H3. The van der Waals surface area contributed by atoms with Gasteiger partial charge < -0.3 is 10.3 Å². The number of hydrogen-bond acceptors (Lipinski definition) is 1. The third kappa shape index (κ3) is 2.53. The number of nitrogens with two attached hydrogens (primary N) is 1. The minimum Gasteiger partial charge on any atom is -0.324 e. The second-order valence-corrected chi connectivity index (χ2v) is 7.31. The average molecular weight is 355 g/mol. The van der Waals surface area contributed by atoms with E-state index in [0.717, 1.165) is 30.2 Å². The Labute approximate surface area is 131 Å². The van der Waals surface area contributed by atoms with Gasteiger partial charge in [-0.2, -0.15) is 0 Å². The van der Waals surface area contributed by atoms with Crippen molar-refractivity contribution in [1.29, 1.82) is 0 Å². The van der Waals surface area contributed by atoms with Gasteiger partial charge in [0.05, 0.1) is 5.69 Å². The maximum absolute atomic E-state index is 14.2. The van der Waals surface area contributed by atoms with E-state index >= 15 is 0 Å². The maximum atomic E-state index is 14.2. The number of halogens is 3.